The van der Waals surface area contributed by atoms with Crippen LogP contribution in [-0.2, 0) is 65.4 Å². The van der Waals surface area contributed by atoms with Crippen molar-refractivity contribution in [1.82, 2.24) is 0 Å². The quantitative estimate of drug-likeness (QED) is 0.0169. The van der Waals surface area contributed by atoms with Crippen LogP contribution in [0.15, 0.2) is 97.2 Å². The summed E-state index contributed by atoms with van der Waals surface area (Å²) in [7, 11) is -9.97. The number of ether oxygens (including phenoxy) is 4. The van der Waals surface area contributed by atoms with Crippen LogP contribution in [0.25, 0.3) is 0 Å². The van der Waals surface area contributed by atoms with Gasteiger partial charge in [0.2, 0.25) is 0 Å². The Bertz CT molecular complexity index is 2310. The largest absolute Gasteiger partial charge is 0.472 e. The third-order valence-electron chi connectivity index (χ3n) is 17.0. The summed E-state index contributed by atoms with van der Waals surface area (Å²) in [4.78, 5) is 73.0. The fourth-order valence-corrected chi connectivity index (χ4v) is 12.4. The Balaban J connectivity index is 5.38. The molecule has 0 aliphatic heterocycles. The molecular formula is C83H146O17P2. The smallest absolute Gasteiger partial charge is 0.462 e. The maximum atomic E-state index is 13.1. The first-order valence-corrected chi connectivity index (χ1v) is 43.5. The number of aliphatic hydroxyl groups excluding tert-OH is 1. The van der Waals surface area contributed by atoms with Crippen LogP contribution in [0.2, 0.25) is 0 Å². The highest BCUT2D eigenvalue weighted by Crippen LogP contribution is 2.45. The fourth-order valence-electron chi connectivity index (χ4n) is 10.8. The second kappa shape index (κ2) is 75.2. The molecular weight excluding hydrogens is 1330 g/mol. The van der Waals surface area contributed by atoms with Gasteiger partial charge < -0.3 is 33.8 Å². The molecule has 0 saturated heterocycles. The number of unbranched alkanes of at least 4 members (excludes halogenated alkanes) is 34. The average molecular weight is 1480 g/mol. The van der Waals surface area contributed by atoms with Crippen LogP contribution in [-0.4, -0.2) is 96.7 Å². The van der Waals surface area contributed by atoms with E-state index in [1.807, 2.05) is 0 Å². The van der Waals surface area contributed by atoms with E-state index in [1.165, 1.54) is 103 Å². The van der Waals surface area contributed by atoms with E-state index in [9.17, 15) is 43.2 Å². The predicted octanol–water partition coefficient (Wildman–Crippen LogP) is 23.6. The first-order valence-electron chi connectivity index (χ1n) is 40.5. The van der Waals surface area contributed by atoms with E-state index in [2.05, 4.69) is 125 Å². The van der Waals surface area contributed by atoms with Gasteiger partial charge in [-0.1, -0.05) is 273 Å². The average Bonchev–Trinajstić information content (AvgIpc) is 0.924. The maximum Gasteiger partial charge on any atom is 0.472 e. The van der Waals surface area contributed by atoms with Gasteiger partial charge in [0.1, 0.15) is 19.3 Å². The van der Waals surface area contributed by atoms with E-state index in [1.54, 1.807) is 0 Å². The minimum absolute atomic E-state index is 0.0774. The zero-order valence-corrected chi connectivity index (χ0v) is 66.3. The fraction of sp³-hybridized carbons (Fsp3) is 0.759. The van der Waals surface area contributed by atoms with Crippen molar-refractivity contribution in [2.24, 2.45) is 0 Å². The summed E-state index contributed by atoms with van der Waals surface area (Å²) in [5.74, 6) is -2.22. The van der Waals surface area contributed by atoms with Crippen LogP contribution in [0.1, 0.15) is 349 Å². The van der Waals surface area contributed by atoms with Crippen LogP contribution in [0, 0.1) is 0 Å². The Morgan fingerprint density at radius 3 is 0.814 bits per heavy atom. The summed E-state index contributed by atoms with van der Waals surface area (Å²) in [6.45, 7) is 4.71. The summed E-state index contributed by atoms with van der Waals surface area (Å²) in [5.41, 5.74) is 0. The highest BCUT2D eigenvalue weighted by atomic mass is 31.2. The second-order valence-electron chi connectivity index (χ2n) is 27.0. The molecule has 0 saturated carbocycles. The number of hydrogen-bond donors (Lipinski definition) is 3. The van der Waals surface area contributed by atoms with Crippen molar-refractivity contribution < 1.29 is 80.2 Å². The number of phosphoric ester groups is 2. The number of carbonyl (C=O) groups is 4. The Hall–Kier alpha value is -4.02. The van der Waals surface area contributed by atoms with Crippen LogP contribution in [0.3, 0.4) is 0 Å². The molecule has 0 amide bonds. The van der Waals surface area contributed by atoms with E-state index in [-0.39, 0.29) is 25.7 Å². The Kier molecular flexibility index (Phi) is 72.3. The molecule has 0 aromatic carbocycles. The molecule has 0 fully saturated rings. The topological polar surface area (TPSA) is 237 Å². The molecule has 0 aliphatic rings. The van der Waals surface area contributed by atoms with Crippen molar-refractivity contribution >= 4 is 39.5 Å². The van der Waals surface area contributed by atoms with E-state index in [0.717, 1.165) is 167 Å². The molecule has 0 heterocycles. The molecule has 17 nitrogen and oxygen atoms in total. The molecule has 0 spiro atoms. The summed E-state index contributed by atoms with van der Waals surface area (Å²) in [6, 6.07) is 0. The van der Waals surface area contributed by atoms with E-state index < -0.39 is 97.5 Å². The SMILES string of the molecule is CC/C=C\C/C=C\C/C=C\C/C=C\C/C=C\CCCCCC(=O)OCC(COP(=O)(O)OCC(O)COP(=O)(O)OCC(COC(=O)CCCCCCC/C=C\CCCCCCCC)OC(=O)CCCCCCC/C=C\CCCCCC)OC(=O)CCCCCCC/C=C\CCCCCCCC. The first kappa shape index (κ1) is 98.0. The molecule has 0 aromatic rings. The molecule has 102 heavy (non-hydrogen) atoms. The highest BCUT2D eigenvalue weighted by Gasteiger charge is 2.30. The molecule has 19 heteroatoms. The minimum Gasteiger partial charge on any atom is -0.462 e. The van der Waals surface area contributed by atoms with Gasteiger partial charge in [0, 0.05) is 25.7 Å². The van der Waals surface area contributed by atoms with Gasteiger partial charge in [-0.05, 0) is 148 Å². The monoisotopic (exact) mass is 1480 g/mol. The van der Waals surface area contributed by atoms with Gasteiger partial charge in [0.25, 0.3) is 0 Å². The third-order valence-corrected chi connectivity index (χ3v) is 18.9. The zero-order chi connectivity index (χ0) is 74.6. The van der Waals surface area contributed by atoms with Crippen molar-refractivity contribution in [3.63, 3.8) is 0 Å². The van der Waals surface area contributed by atoms with Gasteiger partial charge in [-0.25, -0.2) is 9.13 Å². The lowest BCUT2D eigenvalue weighted by Gasteiger charge is -2.21. The van der Waals surface area contributed by atoms with Crippen LogP contribution >= 0.6 is 15.6 Å². The lowest BCUT2D eigenvalue weighted by Crippen LogP contribution is -2.30. The maximum absolute atomic E-state index is 13.1. The normalized spacial score (nSPS) is 14.4. The van der Waals surface area contributed by atoms with Gasteiger partial charge in [-0.2, -0.15) is 0 Å². The molecule has 5 atom stereocenters. The van der Waals surface area contributed by atoms with Crippen molar-refractivity contribution in [3.8, 4) is 0 Å². The molecule has 590 valence electrons. The van der Waals surface area contributed by atoms with Gasteiger partial charge in [0.05, 0.1) is 26.4 Å². The lowest BCUT2D eigenvalue weighted by molar-refractivity contribution is -0.161. The Labute approximate surface area is 620 Å². The summed E-state index contributed by atoms with van der Waals surface area (Å²) < 4.78 is 68.6. The van der Waals surface area contributed by atoms with Crippen LogP contribution < -0.4 is 0 Å². The summed E-state index contributed by atoms with van der Waals surface area (Å²) in [6.07, 6.45) is 79.5. The van der Waals surface area contributed by atoms with Crippen molar-refractivity contribution in [2.75, 3.05) is 39.6 Å². The number of aliphatic hydroxyl groups is 1. The minimum atomic E-state index is -4.99. The zero-order valence-electron chi connectivity index (χ0n) is 64.5. The third kappa shape index (κ3) is 74.3. The number of rotatable bonds is 76. The van der Waals surface area contributed by atoms with E-state index in [4.69, 9.17) is 37.0 Å². The van der Waals surface area contributed by atoms with Gasteiger partial charge in [0.15, 0.2) is 12.2 Å². The molecule has 0 aliphatic carbocycles. The van der Waals surface area contributed by atoms with E-state index >= 15 is 0 Å². The lowest BCUT2D eigenvalue weighted by atomic mass is 10.1. The second-order valence-corrected chi connectivity index (χ2v) is 29.9. The molecule has 3 N–H and O–H groups in total. The first-order chi connectivity index (χ1) is 49.7. The number of esters is 4. The van der Waals surface area contributed by atoms with Gasteiger partial charge in [-0.15, -0.1) is 0 Å². The number of phosphoric acid groups is 2. The molecule has 0 aromatic heterocycles. The molecule has 0 radical (unpaired) electrons. The number of allylic oxidation sites excluding steroid dienone is 16. The van der Waals surface area contributed by atoms with Crippen molar-refractivity contribution in [3.05, 3.63) is 97.2 Å². The molecule has 0 rings (SSSR count). The predicted molar refractivity (Wildman–Crippen MR) is 418 cm³/mol. The Morgan fingerprint density at radius 2 is 0.510 bits per heavy atom. The Morgan fingerprint density at radius 1 is 0.284 bits per heavy atom. The molecule has 0 bridgehead atoms. The number of hydrogen-bond acceptors (Lipinski definition) is 15. The highest BCUT2D eigenvalue weighted by molar-refractivity contribution is 7.47. The van der Waals surface area contributed by atoms with Crippen LogP contribution in [0.5, 0.6) is 0 Å². The van der Waals surface area contributed by atoms with Crippen molar-refractivity contribution in [2.45, 2.75) is 367 Å². The summed E-state index contributed by atoms with van der Waals surface area (Å²) in [5, 5.41) is 10.6. The number of carbonyl (C=O) groups excluding carboxylic acids is 4. The van der Waals surface area contributed by atoms with E-state index in [0.29, 0.717) is 25.7 Å². The van der Waals surface area contributed by atoms with Crippen LogP contribution in [0.4, 0.5) is 0 Å². The van der Waals surface area contributed by atoms with Gasteiger partial charge in [-0.3, -0.25) is 37.3 Å². The van der Waals surface area contributed by atoms with Crippen molar-refractivity contribution in [1.29, 1.82) is 0 Å². The summed E-state index contributed by atoms with van der Waals surface area (Å²) >= 11 is 0. The van der Waals surface area contributed by atoms with Gasteiger partial charge >= 0.3 is 39.5 Å². The molecule has 5 unspecified atom stereocenters. The standard InChI is InChI=1S/C83H146O17P2/c1-5-9-13-17-21-25-29-33-36-37-38-39-42-45-48-52-56-60-64-68-81(86)94-74-79(100-83(88)70-66-62-58-54-50-46-41-35-31-27-23-19-15-11-7-3)76-98-102(91,92)96-72-77(84)71-95-101(89,90)97-75-78(99-82(87)69-65-61-57-53-49-43-32-28-24-20-16-12-8-4)73-93-80(85)67-63-59-55-51-47-44-40-34-30-26-22-18-14-10-6-2/h9,13,21,25,28,32-36,38-41,45,48,77-79,84H,5-8,10-12,14-20,22-24,26-27,29-31,37,42-44,46-47,49-76H2,1-4H3,(H,89,90)(H,91,92)/b13-9-,25-21-,32-28-,36-33-,39-38-,40-34-,41-35-,48-45-.